The normalized spacial score (nSPS) is 14.3. The Morgan fingerprint density at radius 3 is 2.39 bits per heavy atom. The molecule has 0 bridgehead atoms. The van der Waals surface area contributed by atoms with Crippen LogP contribution in [-0.2, 0) is 0 Å². The Kier molecular flexibility index (Phi) is 6.92. The zero-order chi connectivity index (χ0) is 27.0. The fourth-order valence-electron chi connectivity index (χ4n) is 4.58. The number of carbonyl (C=O) groups is 1. The van der Waals surface area contributed by atoms with Crippen LogP contribution in [0.4, 0.5) is 14.7 Å². The fourth-order valence-corrected chi connectivity index (χ4v) is 4.58. The lowest BCUT2D eigenvalue weighted by molar-refractivity contribution is 0.0827. The quantitative estimate of drug-likeness (QED) is 0.354. The Bertz CT molecular complexity index is 1460. The molecule has 3 aromatic heterocycles. The molecule has 11 heteroatoms. The highest BCUT2D eigenvalue weighted by molar-refractivity contribution is 5.94. The number of hydrogen-bond acceptors (Lipinski definition) is 7. The van der Waals surface area contributed by atoms with E-state index in [1.54, 1.807) is 18.7 Å². The topological polar surface area (TPSA) is 89.3 Å². The molecular weight excluding hydrogens is 492 g/mol. The van der Waals surface area contributed by atoms with E-state index in [2.05, 4.69) is 38.7 Å². The van der Waals surface area contributed by atoms with Crippen molar-refractivity contribution in [3.8, 4) is 11.6 Å². The summed E-state index contributed by atoms with van der Waals surface area (Å²) in [6.07, 6.45) is 7.89. The standard InChI is InChI=1S/C27H29F2N7O2/c1-16(2)18-12-30-27(31-13-18)35-9-7-19(8-10-35)36-14-21(29)23-24(36)32-15-33-25(23)38-22-6-5-17(11-20(22)28)26(37)34(3)4/h5-6,11-16,19H,7-10H2,1-4H3. The van der Waals surface area contributed by atoms with Crippen molar-refractivity contribution in [3.05, 3.63) is 65.9 Å². The molecule has 5 rings (SSSR count). The summed E-state index contributed by atoms with van der Waals surface area (Å²) in [6, 6.07) is 3.88. The summed E-state index contributed by atoms with van der Waals surface area (Å²) in [5.74, 6) is -0.837. The van der Waals surface area contributed by atoms with Crippen molar-refractivity contribution in [3.63, 3.8) is 0 Å². The average molecular weight is 522 g/mol. The third-order valence-electron chi connectivity index (χ3n) is 6.79. The van der Waals surface area contributed by atoms with Crippen LogP contribution in [0.5, 0.6) is 11.6 Å². The fraction of sp³-hybridized carbons (Fsp3) is 0.370. The number of carbonyl (C=O) groups excluding carboxylic acids is 1. The van der Waals surface area contributed by atoms with Crippen LogP contribution in [0.25, 0.3) is 11.0 Å². The maximum atomic E-state index is 15.2. The predicted molar refractivity (Wildman–Crippen MR) is 139 cm³/mol. The number of rotatable bonds is 6. The molecule has 1 amide bonds. The van der Waals surface area contributed by atoms with Crippen molar-refractivity contribution in [1.29, 1.82) is 0 Å². The molecule has 198 valence electrons. The van der Waals surface area contributed by atoms with Gasteiger partial charge in [0.15, 0.2) is 23.0 Å². The van der Waals surface area contributed by atoms with Crippen molar-refractivity contribution in [1.82, 2.24) is 29.4 Å². The van der Waals surface area contributed by atoms with E-state index in [0.29, 0.717) is 30.6 Å². The minimum atomic E-state index is -0.750. The number of hydrogen-bond donors (Lipinski definition) is 0. The summed E-state index contributed by atoms with van der Waals surface area (Å²) in [7, 11) is 3.16. The van der Waals surface area contributed by atoms with Gasteiger partial charge in [0.1, 0.15) is 11.7 Å². The minimum Gasteiger partial charge on any atom is -0.435 e. The zero-order valence-electron chi connectivity index (χ0n) is 21.7. The van der Waals surface area contributed by atoms with Gasteiger partial charge in [0.05, 0.1) is 0 Å². The third kappa shape index (κ3) is 4.88. The van der Waals surface area contributed by atoms with E-state index >= 15 is 4.39 Å². The Morgan fingerprint density at radius 1 is 1.05 bits per heavy atom. The van der Waals surface area contributed by atoms with Crippen LogP contribution in [-0.4, -0.2) is 62.5 Å². The van der Waals surface area contributed by atoms with E-state index in [1.807, 2.05) is 12.4 Å². The lowest BCUT2D eigenvalue weighted by Gasteiger charge is -2.32. The van der Waals surface area contributed by atoms with Crippen LogP contribution in [0.1, 0.15) is 54.6 Å². The van der Waals surface area contributed by atoms with Crippen LogP contribution >= 0.6 is 0 Å². The lowest BCUT2D eigenvalue weighted by Crippen LogP contribution is -2.35. The van der Waals surface area contributed by atoms with Gasteiger partial charge in [0.25, 0.3) is 5.91 Å². The van der Waals surface area contributed by atoms with Crippen LogP contribution in [0.2, 0.25) is 0 Å². The first kappa shape index (κ1) is 25.5. The smallest absolute Gasteiger partial charge is 0.253 e. The largest absolute Gasteiger partial charge is 0.435 e. The van der Waals surface area contributed by atoms with E-state index in [-0.39, 0.29) is 34.5 Å². The SMILES string of the molecule is CC(C)c1cnc(N2CCC(n3cc(F)c4c(Oc5ccc(C(=O)N(C)C)cc5F)ncnc43)CC2)nc1. The number of aromatic nitrogens is 5. The molecule has 1 aromatic carbocycles. The molecule has 4 aromatic rings. The van der Waals surface area contributed by atoms with E-state index in [9.17, 15) is 9.18 Å². The van der Waals surface area contributed by atoms with E-state index in [4.69, 9.17) is 4.74 Å². The Hall–Kier alpha value is -4.15. The molecule has 0 saturated carbocycles. The molecular formula is C27H29F2N7O2. The summed E-state index contributed by atoms with van der Waals surface area (Å²) in [4.78, 5) is 33.0. The number of ether oxygens (including phenoxy) is 1. The molecule has 1 saturated heterocycles. The molecule has 0 radical (unpaired) electrons. The van der Waals surface area contributed by atoms with Gasteiger partial charge in [0.2, 0.25) is 11.8 Å². The highest BCUT2D eigenvalue weighted by Gasteiger charge is 2.26. The number of nitrogens with zero attached hydrogens (tertiary/aromatic N) is 7. The number of piperidine rings is 1. The molecule has 0 atom stereocenters. The Morgan fingerprint density at radius 2 is 1.76 bits per heavy atom. The molecule has 1 aliphatic heterocycles. The van der Waals surface area contributed by atoms with Crippen LogP contribution in [0.15, 0.2) is 43.1 Å². The van der Waals surface area contributed by atoms with Gasteiger partial charge in [-0.1, -0.05) is 13.8 Å². The first-order valence-corrected chi connectivity index (χ1v) is 12.5. The second-order valence-corrected chi connectivity index (χ2v) is 9.90. The number of benzene rings is 1. The lowest BCUT2D eigenvalue weighted by atomic mass is 10.1. The number of anilines is 1. The summed E-state index contributed by atoms with van der Waals surface area (Å²) in [5, 5.41) is 0.0791. The van der Waals surface area contributed by atoms with Gasteiger partial charge in [-0.25, -0.2) is 28.7 Å². The third-order valence-corrected chi connectivity index (χ3v) is 6.79. The van der Waals surface area contributed by atoms with Crippen molar-refractivity contribution in [2.24, 2.45) is 0 Å². The van der Waals surface area contributed by atoms with Crippen LogP contribution < -0.4 is 9.64 Å². The summed E-state index contributed by atoms with van der Waals surface area (Å²) < 4.78 is 37.4. The second-order valence-electron chi connectivity index (χ2n) is 9.90. The number of halogens is 2. The maximum absolute atomic E-state index is 15.2. The van der Waals surface area contributed by atoms with Gasteiger partial charge in [-0.15, -0.1) is 0 Å². The highest BCUT2D eigenvalue weighted by atomic mass is 19.1. The van der Waals surface area contributed by atoms with Gasteiger partial charge in [-0.2, -0.15) is 0 Å². The van der Waals surface area contributed by atoms with E-state index in [0.717, 1.165) is 24.5 Å². The molecule has 1 fully saturated rings. The van der Waals surface area contributed by atoms with Gasteiger partial charge in [0, 0.05) is 57.4 Å². The minimum absolute atomic E-state index is 0.00371. The second kappa shape index (κ2) is 10.3. The summed E-state index contributed by atoms with van der Waals surface area (Å²) >= 11 is 0. The maximum Gasteiger partial charge on any atom is 0.253 e. The van der Waals surface area contributed by atoms with Crippen LogP contribution in [0.3, 0.4) is 0 Å². The Balaban J connectivity index is 1.35. The molecule has 4 heterocycles. The zero-order valence-corrected chi connectivity index (χ0v) is 21.7. The van der Waals surface area contributed by atoms with Crippen molar-refractivity contribution in [2.45, 2.75) is 38.6 Å². The van der Waals surface area contributed by atoms with Crippen molar-refractivity contribution >= 4 is 22.9 Å². The number of amides is 1. The number of fused-ring (bicyclic) bond motifs is 1. The molecule has 0 spiro atoms. The van der Waals surface area contributed by atoms with Crippen molar-refractivity contribution < 1.29 is 18.3 Å². The first-order chi connectivity index (χ1) is 18.2. The molecule has 38 heavy (non-hydrogen) atoms. The molecule has 0 aliphatic carbocycles. The summed E-state index contributed by atoms with van der Waals surface area (Å²) in [6.45, 7) is 5.63. The van der Waals surface area contributed by atoms with Gasteiger partial charge in [-0.05, 0) is 42.5 Å². The van der Waals surface area contributed by atoms with Gasteiger partial charge < -0.3 is 19.1 Å². The van der Waals surface area contributed by atoms with Gasteiger partial charge >= 0.3 is 0 Å². The van der Waals surface area contributed by atoms with Gasteiger partial charge in [-0.3, -0.25) is 4.79 Å². The van der Waals surface area contributed by atoms with Crippen molar-refractivity contribution in [2.75, 3.05) is 32.1 Å². The van der Waals surface area contributed by atoms with Crippen LogP contribution in [0, 0.1) is 11.6 Å². The predicted octanol–water partition coefficient (Wildman–Crippen LogP) is 4.96. The average Bonchev–Trinajstić information content (AvgIpc) is 3.26. The molecule has 9 nitrogen and oxygen atoms in total. The first-order valence-electron chi connectivity index (χ1n) is 12.5. The van der Waals surface area contributed by atoms with E-state index in [1.165, 1.54) is 29.6 Å². The highest BCUT2D eigenvalue weighted by Crippen LogP contribution is 2.35. The molecule has 0 unspecified atom stereocenters. The summed E-state index contributed by atoms with van der Waals surface area (Å²) in [5.41, 5.74) is 1.65. The monoisotopic (exact) mass is 521 g/mol. The molecule has 0 N–H and O–H groups in total. The Labute approximate surface area is 219 Å². The molecule has 1 aliphatic rings. The van der Waals surface area contributed by atoms with E-state index < -0.39 is 11.6 Å².